The van der Waals surface area contributed by atoms with Gasteiger partial charge in [0.2, 0.25) is 23.1 Å². The molecule has 148 heavy (non-hydrogen) atoms. The first kappa shape index (κ1) is 144. The fourth-order valence-electron chi connectivity index (χ4n) is 13.1. The largest absolute Gasteiger partial charge is 0.458 e. The maximum absolute atomic E-state index is 12.2. The molecule has 8 aromatic heterocycles. The number of thiophene rings is 1. The molecule has 25 heteroatoms. The molecule has 0 aliphatic carbocycles. The lowest BCUT2D eigenvalue weighted by Crippen LogP contribution is -2.38. The maximum atomic E-state index is 12.2. The van der Waals surface area contributed by atoms with Crippen molar-refractivity contribution >= 4 is 92.1 Å². The van der Waals surface area contributed by atoms with E-state index in [1.54, 1.807) is 41.0 Å². The van der Waals surface area contributed by atoms with Gasteiger partial charge in [0.25, 0.3) is 0 Å². The molecule has 0 bridgehead atoms. The Balaban J connectivity index is -0.00000158. The first-order valence-electron chi connectivity index (χ1n) is 52.9. The van der Waals surface area contributed by atoms with Gasteiger partial charge in [-0.1, -0.05) is 323 Å². The Kier molecular flexibility index (Phi) is 56.5. The minimum atomic E-state index is -0.378. The molecule has 0 atom stereocenters. The van der Waals surface area contributed by atoms with Crippen LogP contribution in [0.15, 0.2) is 65.5 Å². The van der Waals surface area contributed by atoms with E-state index in [-0.39, 0.29) is 133 Å². The smallest absolute Gasteiger partial charge is 0.323 e. The number of furan rings is 1. The second kappa shape index (κ2) is 58.1. The number of hydrogen-bond acceptors (Lipinski definition) is 18. The van der Waals surface area contributed by atoms with Crippen LogP contribution in [0.1, 0.15) is 511 Å². The van der Waals surface area contributed by atoms with Gasteiger partial charge < -0.3 is 34.2 Å². The number of ketones is 10. The van der Waals surface area contributed by atoms with Gasteiger partial charge in [-0.15, -0.1) is 22.7 Å². The van der Waals surface area contributed by atoms with Gasteiger partial charge in [0.1, 0.15) is 40.6 Å². The Morgan fingerprint density at radius 1 is 0.432 bits per heavy atom. The lowest BCUT2D eigenvalue weighted by Gasteiger charge is -2.22. The number of nitrogens with zero attached hydrogens (tertiary/aromatic N) is 6. The van der Waals surface area contributed by atoms with Crippen molar-refractivity contribution in [3.8, 4) is 0 Å². The molecule has 8 aromatic rings. The predicted molar refractivity (Wildman–Crippen MR) is 626 cm³/mol. The average Bonchev–Trinajstić information content (AvgIpc) is 1.67. The topological polar surface area (TPSA) is 308 Å². The summed E-state index contributed by atoms with van der Waals surface area (Å²) < 4.78 is 11.3. The normalized spacial score (nSPS) is 12.4. The molecule has 0 amide bonds. The zero-order valence-electron chi connectivity index (χ0n) is 104. The molecule has 8 heterocycles. The van der Waals surface area contributed by atoms with Crippen molar-refractivity contribution in [3.63, 3.8) is 0 Å². The molecule has 22 nitrogen and oxygen atoms in total. The van der Waals surface area contributed by atoms with E-state index >= 15 is 0 Å². The number of aromatic nitrogens is 9. The molecule has 0 unspecified atom stereocenters. The van der Waals surface area contributed by atoms with E-state index in [2.05, 4.69) is 212 Å². The first-order chi connectivity index (χ1) is 65.7. The number of aromatic amines is 3. The van der Waals surface area contributed by atoms with Crippen LogP contribution in [0.25, 0.3) is 0 Å². The Hall–Kier alpha value is -8.29. The molecule has 0 fully saturated rings. The molecule has 0 saturated carbocycles. The molecule has 0 aromatic carbocycles. The average molecular weight is 2120 g/mol. The summed E-state index contributed by atoms with van der Waals surface area (Å²) in [6.45, 7) is 113. The third-order valence-corrected chi connectivity index (χ3v) is 23.4. The zero-order chi connectivity index (χ0) is 118. The summed E-state index contributed by atoms with van der Waals surface area (Å²) in [5.74, 6) is 4.67. The van der Waals surface area contributed by atoms with Crippen LogP contribution in [-0.2, 0) is 62.8 Å². The van der Waals surface area contributed by atoms with Crippen LogP contribution in [-0.4, -0.2) is 121 Å². The van der Waals surface area contributed by atoms with Crippen LogP contribution >= 0.6 is 34.3 Å². The molecule has 5 N–H and O–H groups in total. The predicted octanol–water partition coefficient (Wildman–Crippen LogP) is 32.1. The number of hydrogen-bond donors (Lipinski definition) is 5. The summed E-state index contributed by atoms with van der Waals surface area (Å²) in [5.41, 5.74) is 5.68. The van der Waals surface area contributed by atoms with Crippen molar-refractivity contribution in [2.75, 3.05) is 13.1 Å². The third-order valence-electron chi connectivity index (χ3n) is 21.1. The van der Waals surface area contributed by atoms with Gasteiger partial charge in [-0.2, -0.15) is 0 Å². The number of halogens is 1. The van der Waals surface area contributed by atoms with Crippen molar-refractivity contribution in [2.45, 2.75) is 450 Å². The van der Waals surface area contributed by atoms with Crippen molar-refractivity contribution in [3.05, 3.63) is 160 Å². The highest BCUT2D eigenvalue weighted by atomic mass is 35.5. The molecule has 842 valence electrons. The van der Waals surface area contributed by atoms with Gasteiger partial charge in [0.05, 0.1) is 33.3 Å². The number of nitrogens with one attached hydrogen (secondary N) is 5. The molecule has 8 rings (SSSR count). The molecular weight excluding hydrogens is 1910 g/mol. The number of imidazole rings is 3. The minimum absolute atomic E-state index is 0.0295. The second-order valence-corrected chi connectivity index (χ2v) is 59.9. The standard InChI is InChI=1S/C15H25NO.C14H24N2O.C14H23NOS.C14H22O2.C14H22OS.C12H25NO.C11H23NO.C10H16N2O.C9H14N2O.C7H8ClNO.C3H8/c1-14(2,3)10-11-8-9-12(16(11)7)13(17)15(4,5)6;1-13(2,3)8-10-9-16(7)12(15-10)11(17)14(4,5)6;1-9-11(12(16)14(5,6)7)15-10(17-9)8-13(2,3)4;2*1-13(2,3)9-10-7-8-11(16-10)12(15)14(4,5)6;1-11(2,3)10(14)8-7-9-13-12(4,5)6;1-10(2,3)9(13)7-8-12-11(4,5)6;1-7-6-12(5)9(11-7)8(13)10(2,3)4;1-6-5-10-8(11-6)7(12)9(2,3)4;1-4-3-6(8)7(9-4)5(2)10;1-3-2/h8-9H,10H2,1-7H3;9H,8H2,1-7H3;8H2,1-7H3;2*7-8H,9H2,1-6H3;13H,7-9H2,1-6H3;12H,7-8H2,1-6H3;6H,1-5H3;5H,1-4H3,(H,10,11);3,9H,1-2H3;3H2,1-2H3/p+1. The van der Waals surface area contributed by atoms with E-state index in [9.17, 15) is 47.9 Å². The molecule has 0 aliphatic rings. The summed E-state index contributed by atoms with van der Waals surface area (Å²) in [6, 6.07) is 13.5. The number of rotatable bonds is 20. The van der Waals surface area contributed by atoms with Gasteiger partial charge in [0.15, 0.2) is 40.5 Å². The van der Waals surface area contributed by atoms with E-state index in [1.165, 1.54) is 23.9 Å². The summed E-state index contributed by atoms with van der Waals surface area (Å²) in [5, 5.41) is 8.26. The van der Waals surface area contributed by atoms with E-state index in [1.807, 2.05) is 280 Å². The SMILES string of the molecule is CC(=O)c1[nH]c(C)cc1Cl.CC(C)(C)Cc1ccc(C(=O)C(C)(C)C)o1.CC(C)(C)Cc1ccc(C(=O)C(C)(C)C)s1.CC(C)(C)NCCC(=O)C(C)(C)C.CC(C)(C)NCCCC(=O)C(C)(C)C.CCC.Cc1c[n+](C)c(C(=O)C(C)(C)C)[nH]1.Cc1cnc(C(=O)C(C)(C)C)[nH]1.Cc1sc(CC(C)(C)C)nc1C(=O)C(C)(C)C.Cn1c(CC(C)(C)C)ccc1C(=O)C(C)(C)C.Cn1cc(CC(C)(C)C)nc1C(=O)C(C)(C)C. The van der Waals surface area contributed by atoms with E-state index in [0.29, 0.717) is 64.1 Å². The molecule has 0 radical (unpaired) electrons. The summed E-state index contributed by atoms with van der Waals surface area (Å²) >= 11 is 8.99. The van der Waals surface area contributed by atoms with E-state index in [4.69, 9.17) is 16.0 Å². The van der Waals surface area contributed by atoms with Crippen LogP contribution in [0, 0.1) is 104 Å². The molecule has 0 aliphatic heterocycles. The number of thiazole rings is 1. The highest BCUT2D eigenvalue weighted by molar-refractivity contribution is 7.14. The maximum Gasteiger partial charge on any atom is 0.323 e. The van der Waals surface area contributed by atoms with Crippen LogP contribution in [0.3, 0.4) is 0 Å². The third kappa shape index (κ3) is 60.8. The van der Waals surface area contributed by atoms with Gasteiger partial charge in [-0.25, -0.2) is 24.5 Å². The monoisotopic (exact) mass is 2120 g/mol. The fourth-order valence-corrected chi connectivity index (χ4v) is 16.1. The Labute approximate surface area is 912 Å². The van der Waals surface area contributed by atoms with Crippen LogP contribution in [0.4, 0.5) is 0 Å². The van der Waals surface area contributed by atoms with Gasteiger partial charge in [-0.05, 0) is 164 Å². The summed E-state index contributed by atoms with van der Waals surface area (Å²) in [7, 11) is 5.75. The first-order valence-corrected chi connectivity index (χ1v) is 54.9. The van der Waals surface area contributed by atoms with Crippen LogP contribution in [0.5, 0.6) is 0 Å². The Bertz CT molecular complexity index is 5290. The van der Waals surface area contributed by atoms with E-state index < -0.39 is 0 Å². The zero-order valence-corrected chi connectivity index (χ0v) is 107. The minimum Gasteiger partial charge on any atom is -0.458 e. The van der Waals surface area contributed by atoms with Gasteiger partial charge in [-0.3, -0.25) is 47.9 Å². The quantitative estimate of drug-likeness (QED) is 0.0269. The summed E-state index contributed by atoms with van der Waals surface area (Å²) in [4.78, 5) is 143. The lowest BCUT2D eigenvalue weighted by molar-refractivity contribution is -0.672. The Morgan fingerprint density at radius 3 is 1.23 bits per heavy atom. The number of Topliss-reactive ketones (excluding diaryl/α,β-unsaturated/α-hetero) is 10. The van der Waals surface area contributed by atoms with Crippen molar-refractivity contribution in [1.82, 2.24) is 49.7 Å². The molecular formula is C123H211ClN11O11S2+. The fraction of sp³-hybridized carbons (Fsp3) is 0.691. The summed E-state index contributed by atoms with van der Waals surface area (Å²) in [6.07, 6.45) is 13.7. The van der Waals surface area contributed by atoms with Crippen molar-refractivity contribution in [1.29, 1.82) is 0 Å². The van der Waals surface area contributed by atoms with Crippen molar-refractivity contribution in [2.24, 2.45) is 97.0 Å². The highest BCUT2D eigenvalue weighted by Crippen LogP contribution is 2.35. The van der Waals surface area contributed by atoms with Gasteiger partial charge in [0, 0.05) is 159 Å². The number of carbonyl (C=O) groups is 10. The van der Waals surface area contributed by atoms with Gasteiger partial charge >= 0.3 is 5.82 Å². The van der Waals surface area contributed by atoms with Crippen molar-refractivity contribution < 1.29 is 56.9 Å². The Morgan fingerprint density at radius 2 is 0.865 bits per heavy atom. The lowest BCUT2D eigenvalue weighted by atomic mass is 9.88. The molecule has 0 saturated heterocycles. The van der Waals surface area contributed by atoms with E-state index in [0.717, 1.165) is 101 Å². The van der Waals surface area contributed by atoms with Crippen LogP contribution < -0.4 is 15.2 Å². The highest BCUT2D eigenvalue weighted by Gasteiger charge is 2.36. The van der Waals surface area contributed by atoms with Crippen LogP contribution in [0.2, 0.25) is 5.02 Å². The number of aryl methyl sites for hydroxylation is 6. The number of H-pyrrole nitrogens is 3. The number of carbonyl (C=O) groups excluding carboxylic acids is 10. The second-order valence-electron chi connectivity index (χ2n) is 57.0. The molecule has 0 spiro atoms.